The summed E-state index contributed by atoms with van der Waals surface area (Å²) in [7, 11) is 0. The summed E-state index contributed by atoms with van der Waals surface area (Å²) in [6.07, 6.45) is 2.76. The third-order valence-electron chi connectivity index (χ3n) is 3.51. The Morgan fingerprint density at radius 3 is 2.85 bits per heavy atom. The number of halogens is 1. The minimum absolute atomic E-state index is 0.646. The zero-order valence-corrected chi connectivity index (χ0v) is 12.8. The number of benzene rings is 1. The Kier molecular flexibility index (Phi) is 3.22. The molecule has 0 fully saturated rings. The molecule has 0 amide bonds. The van der Waals surface area contributed by atoms with E-state index < -0.39 is 0 Å². The van der Waals surface area contributed by atoms with Crippen molar-refractivity contribution in [1.29, 1.82) is 0 Å². The van der Waals surface area contributed by atoms with E-state index in [-0.39, 0.29) is 0 Å². The van der Waals surface area contributed by atoms with Crippen LogP contribution in [0.5, 0.6) is 0 Å². The van der Waals surface area contributed by atoms with Crippen LogP contribution in [-0.4, -0.2) is 16.0 Å². The van der Waals surface area contributed by atoms with Gasteiger partial charge >= 0.3 is 0 Å². The summed E-state index contributed by atoms with van der Waals surface area (Å²) in [5.41, 5.74) is 3.65. The molecule has 1 aromatic carbocycles. The van der Waals surface area contributed by atoms with Crippen LogP contribution in [0.15, 0.2) is 33.4 Å². The molecule has 2 heterocycles. The van der Waals surface area contributed by atoms with E-state index in [4.69, 9.17) is 4.52 Å². The van der Waals surface area contributed by atoms with Crippen molar-refractivity contribution in [2.45, 2.75) is 20.4 Å². The summed E-state index contributed by atoms with van der Waals surface area (Å²) in [6.45, 7) is 4.47. The highest BCUT2D eigenvalue weighted by Gasteiger charge is 2.13. The van der Waals surface area contributed by atoms with Gasteiger partial charge in [-0.1, -0.05) is 21.1 Å². The van der Waals surface area contributed by atoms with Gasteiger partial charge in [0.05, 0.1) is 12.2 Å². The van der Waals surface area contributed by atoms with Crippen LogP contribution in [-0.2, 0) is 6.54 Å². The third-order valence-corrected chi connectivity index (χ3v) is 4.00. The Balaban J connectivity index is 2.15. The standard InChI is InChI=1S/C15H13BrN2O2/c1-9-14(10(2)20-17-9)7-18-6-11(8-19)13-5-12(16)3-4-15(13)18/h3-6,8H,7H2,1-2H3. The van der Waals surface area contributed by atoms with Gasteiger partial charge < -0.3 is 9.09 Å². The maximum atomic E-state index is 11.2. The molecule has 3 rings (SSSR count). The van der Waals surface area contributed by atoms with E-state index in [1.54, 1.807) is 0 Å². The van der Waals surface area contributed by atoms with Crippen LogP contribution < -0.4 is 0 Å². The van der Waals surface area contributed by atoms with Gasteiger partial charge in [-0.15, -0.1) is 0 Å². The highest BCUT2D eigenvalue weighted by Crippen LogP contribution is 2.26. The zero-order chi connectivity index (χ0) is 14.3. The minimum atomic E-state index is 0.646. The van der Waals surface area contributed by atoms with Crippen molar-refractivity contribution >= 4 is 33.1 Å². The Bertz CT molecular complexity index is 782. The summed E-state index contributed by atoms with van der Waals surface area (Å²) in [6, 6.07) is 5.94. The van der Waals surface area contributed by atoms with Crippen LogP contribution >= 0.6 is 15.9 Å². The van der Waals surface area contributed by atoms with Gasteiger partial charge in [-0.3, -0.25) is 4.79 Å². The normalized spacial score (nSPS) is 11.2. The molecule has 102 valence electrons. The molecule has 5 heteroatoms. The average Bonchev–Trinajstić information content (AvgIpc) is 2.93. The minimum Gasteiger partial charge on any atom is -0.361 e. The topological polar surface area (TPSA) is 48.0 Å². The zero-order valence-electron chi connectivity index (χ0n) is 11.2. The van der Waals surface area contributed by atoms with Crippen molar-refractivity contribution < 1.29 is 9.32 Å². The molecule has 0 saturated heterocycles. The maximum Gasteiger partial charge on any atom is 0.152 e. The fourth-order valence-electron chi connectivity index (χ4n) is 2.42. The first-order valence-corrected chi connectivity index (χ1v) is 7.04. The van der Waals surface area contributed by atoms with Crippen LogP contribution in [0.4, 0.5) is 0 Å². The first-order chi connectivity index (χ1) is 9.60. The lowest BCUT2D eigenvalue weighted by Gasteiger charge is -2.05. The van der Waals surface area contributed by atoms with E-state index in [0.717, 1.165) is 38.7 Å². The van der Waals surface area contributed by atoms with E-state index in [1.165, 1.54) is 0 Å². The highest BCUT2D eigenvalue weighted by atomic mass is 79.9. The van der Waals surface area contributed by atoms with Crippen LogP contribution in [0.2, 0.25) is 0 Å². The summed E-state index contributed by atoms with van der Waals surface area (Å²) < 4.78 is 8.21. The summed E-state index contributed by atoms with van der Waals surface area (Å²) in [5.74, 6) is 0.814. The van der Waals surface area contributed by atoms with Crippen molar-refractivity contribution in [2.24, 2.45) is 0 Å². The molecular weight excluding hydrogens is 320 g/mol. The largest absolute Gasteiger partial charge is 0.361 e. The molecule has 3 aromatic rings. The lowest BCUT2D eigenvalue weighted by molar-refractivity contribution is 0.112. The van der Waals surface area contributed by atoms with Crippen molar-refractivity contribution in [2.75, 3.05) is 0 Å². The first kappa shape index (κ1) is 13.1. The Morgan fingerprint density at radius 2 is 2.20 bits per heavy atom. The molecule has 0 aliphatic rings. The fraction of sp³-hybridized carbons (Fsp3) is 0.200. The number of hydrogen-bond donors (Lipinski definition) is 0. The van der Waals surface area contributed by atoms with E-state index >= 15 is 0 Å². The molecule has 2 aromatic heterocycles. The SMILES string of the molecule is Cc1noc(C)c1Cn1cc(C=O)c2cc(Br)ccc21. The quantitative estimate of drug-likeness (QED) is 0.684. The predicted molar refractivity (Wildman–Crippen MR) is 80.1 cm³/mol. The molecule has 0 aliphatic heterocycles. The van der Waals surface area contributed by atoms with Crippen molar-refractivity contribution in [1.82, 2.24) is 9.72 Å². The lowest BCUT2D eigenvalue weighted by Crippen LogP contribution is -2.00. The van der Waals surface area contributed by atoms with E-state index in [1.807, 2.05) is 38.2 Å². The van der Waals surface area contributed by atoms with E-state index in [0.29, 0.717) is 12.1 Å². The van der Waals surface area contributed by atoms with Gasteiger partial charge in [0.15, 0.2) is 6.29 Å². The lowest BCUT2D eigenvalue weighted by atomic mass is 10.2. The monoisotopic (exact) mass is 332 g/mol. The van der Waals surface area contributed by atoms with Crippen molar-refractivity contribution in [3.8, 4) is 0 Å². The Morgan fingerprint density at radius 1 is 1.40 bits per heavy atom. The summed E-state index contributed by atoms with van der Waals surface area (Å²) in [4.78, 5) is 11.2. The molecule has 0 unspecified atom stereocenters. The summed E-state index contributed by atoms with van der Waals surface area (Å²) in [5, 5.41) is 4.91. The number of carbonyl (C=O) groups excluding carboxylic acids is 1. The van der Waals surface area contributed by atoms with Gasteiger partial charge in [0.1, 0.15) is 5.76 Å². The van der Waals surface area contributed by atoms with Gasteiger partial charge in [-0.25, -0.2) is 0 Å². The second kappa shape index (κ2) is 4.90. The summed E-state index contributed by atoms with van der Waals surface area (Å²) >= 11 is 3.44. The second-order valence-corrected chi connectivity index (χ2v) is 5.71. The van der Waals surface area contributed by atoms with E-state index in [2.05, 4.69) is 25.7 Å². The molecular formula is C15H13BrN2O2. The van der Waals surface area contributed by atoms with Crippen molar-refractivity contribution in [3.05, 3.63) is 51.4 Å². The molecule has 0 N–H and O–H groups in total. The van der Waals surface area contributed by atoms with Crippen molar-refractivity contribution in [3.63, 3.8) is 0 Å². The number of carbonyl (C=O) groups is 1. The van der Waals surface area contributed by atoms with Crippen LogP contribution in [0, 0.1) is 13.8 Å². The van der Waals surface area contributed by atoms with E-state index in [9.17, 15) is 4.79 Å². The third kappa shape index (κ3) is 2.08. The number of aldehydes is 1. The van der Waals surface area contributed by atoms with Gasteiger partial charge in [0.2, 0.25) is 0 Å². The molecule has 0 bridgehead atoms. The number of rotatable bonds is 3. The predicted octanol–water partition coefficient (Wildman–Crippen LogP) is 3.87. The fourth-order valence-corrected chi connectivity index (χ4v) is 2.78. The maximum absolute atomic E-state index is 11.2. The highest BCUT2D eigenvalue weighted by molar-refractivity contribution is 9.10. The first-order valence-electron chi connectivity index (χ1n) is 6.25. The molecule has 0 saturated carbocycles. The van der Waals surface area contributed by atoms with Gasteiger partial charge in [0.25, 0.3) is 0 Å². The van der Waals surface area contributed by atoms with Gasteiger partial charge in [0, 0.05) is 32.7 Å². The van der Waals surface area contributed by atoms with Crippen LogP contribution in [0.3, 0.4) is 0 Å². The van der Waals surface area contributed by atoms with Gasteiger partial charge in [-0.2, -0.15) is 0 Å². The second-order valence-electron chi connectivity index (χ2n) is 4.79. The van der Waals surface area contributed by atoms with Gasteiger partial charge in [-0.05, 0) is 32.0 Å². The smallest absolute Gasteiger partial charge is 0.152 e. The molecule has 0 spiro atoms. The number of aryl methyl sites for hydroxylation is 2. The number of fused-ring (bicyclic) bond motifs is 1. The number of nitrogens with zero attached hydrogens (tertiary/aromatic N) is 2. The van der Waals surface area contributed by atoms with Crippen LogP contribution in [0.25, 0.3) is 10.9 Å². The molecule has 0 atom stereocenters. The average molecular weight is 333 g/mol. The molecule has 0 aliphatic carbocycles. The Hall–Kier alpha value is -1.88. The van der Waals surface area contributed by atoms with Crippen LogP contribution in [0.1, 0.15) is 27.4 Å². The number of aromatic nitrogens is 2. The molecule has 0 radical (unpaired) electrons. The number of hydrogen-bond acceptors (Lipinski definition) is 3. The molecule has 4 nitrogen and oxygen atoms in total. The molecule has 20 heavy (non-hydrogen) atoms. The Labute approximate surface area is 124 Å².